The molecule has 2 amide bonds. The monoisotopic (exact) mass is 356 g/mol. The molecular formula is C20H21ClN2O2. The summed E-state index contributed by atoms with van der Waals surface area (Å²) in [7, 11) is 0. The van der Waals surface area contributed by atoms with Crippen molar-refractivity contribution in [3.63, 3.8) is 0 Å². The van der Waals surface area contributed by atoms with E-state index in [1.165, 1.54) is 5.56 Å². The summed E-state index contributed by atoms with van der Waals surface area (Å²) >= 11 is 6.15. The number of nitrogens with one attached hydrogen (secondary N) is 1. The number of hydrogen-bond donors (Lipinski definition) is 1. The van der Waals surface area contributed by atoms with E-state index in [0.717, 1.165) is 17.7 Å². The Bertz CT molecular complexity index is 777. The largest absolute Gasteiger partial charge is 0.355 e. The summed E-state index contributed by atoms with van der Waals surface area (Å²) in [6, 6.07) is 15.5. The van der Waals surface area contributed by atoms with Gasteiger partial charge in [-0.15, -0.1) is 0 Å². The Morgan fingerprint density at radius 3 is 2.72 bits per heavy atom. The maximum Gasteiger partial charge on any atom is 0.227 e. The summed E-state index contributed by atoms with van der Waals surface area (Å²) in [5.41, 5.74) is 2.83. The van der Waals surface area contributed by atoms with Crippen molar-refractivity contribution in [2.24, 2.45) is 5.92 Å². The summed E-state index contributed by atoms with van der Waals surface area (Å²) in [5, 5.41) is 3.57. The predicted octanol–water partition coefficient (Wildman–Crippen LogP) is 3.36. The number of amides is 2. The molecule has 1 aliphatic heterocycles. The van der Waals surface area contributed by atoms with Crippen LogP contribution in [0.15, 0.2) is 48.5 Å². The first-order valence-electron chi connectivity index (χ1n) is 8.43. The van der Waals surface area contributed by atoms with E-state index < -0.39 is 0 Å². The zero-order valence-corrected chi connectivity index (χ0v) is 14.9. The number of nitrogens with zero attached hydrogens (tertiary/aromatic N) is 1. The van der Waals surface area contributed by atoms with Crippen molar-refractivity contribution in [2.75, 3.05) is 18.0 Å². The summed E-state index contributed by atoms with van der Waals surface area (Å²) in [6.07, 6.45) is 1.02. The highest BCUT2D eigenvalue weighted by atomic mass is 35.5. The molecule has 0 saturated carbocycles. The first-order valence-corrected chi connectivity index (χ1v) is 8.81. The SMILES string of the molecule is Cc1c(Cl)cccc1N1C[C@H](C(=O)NCCc2ccccc2)CC1=O. The van der Waals surface area contributed by atoms with Crippen molar-refractivity contribution in [3.8, 4) is 0 Å². The molecule has 1 fully saturated rings. The fourth-order valence-corrected chi connectivity index (χ4v) is 3.29. The lowest BCUT2D eigenvalue weighted by Gasteiger charge is -2.19. The van der Waals surface area contributed by atoms with Crippen molar-refractivity contribution in [1.29, 1.82) is 0 Å². The van der Waals surface area contributed by atoms with Gasteiger partial charge in [0.2, 0.25) is 11.8 Å². The van der Waals surface area contributed by atoms with Gasteiger partial charge < -0.3 is 10.2 Å². The van der Waals surface area contributed by atoms with Crippen molar-refractivity contribution in [2.45, 2.75) is 19.8 Å². The second kappa shape index (κ2) is 7.70. The first-order chi connectivity index (χ1) is 12.1. The van der Waals surface area contributed by atoms with Gasteiger partial charge in [-0.3, -0.25) is 9.59 Å². The van der Waals surface area contributed by atoms with E-state index in [0.29, 0.717) is 18.1 Å². The molecule has 25 heavy (non-hydrogen) atoms. The number of rotatable bonds is 5. The van der Waals surface area contributed by atoms with E-state index in [4.69, 9.17) is 11.6 Å². The third-order valence-electron chi connectivity index (χ3n) is 4.58. The van der Waals surface area contributed by atoms with Crippen molar-refractivity contribution in [3.05, 3.63) is 64.7 Å². The average molecular weight is 357 g/mol. The van der Waals surface area contributed by atoms with Gasteiger partial charge in [-0.25, -0.2) is 0 Å². The number of hydrogen-bond acceptors (Lipinski definition) is 2. The molecule has 0 unspecified atom stereocenters. The second-order valence-electron chi connectivity index (χ2n) is 6.32. The molecule has 0 aliphatic carbocycles. The molecule has 0 radical (unpaired) electrons. The standard InChI is InChI=1S/C20H21ClN2O2/c1-14-17(21)8-5-9-18(14)23-13-16(12-19(23)24)20(25)22-11-10-15-6-3-2-4-7-15/h2-9,16H,10-13H2,1H3,(H,22,25)/t16-/m1/s1. The lowest BCUT2D eigenvalue weighted by atomic mass is 10.1. The average Bonchev–Trinajstić information content (AvgIpc) is 3.00. The topological polar surface area (TPSA) is 49.4 Å². The Hall–Kier alpha value is -2.33. The van der Waals surface area contributed by atoms with E-state index in [1.807, 2.05) is 49.4 Å². The van der Waals surface area contributed by atoms with E-state index in [1.54, 1.807) is 11.0 Å². The number of anilines is 1. The molecular weight excluding hydrogens is 336 g/mol. The maximum atomic E-state index is 12.4. The Balaban J connectivity index is 1.58. The van der Waals surface area contributed by atoms with Crippen molar-refractivity contribution < 1.29 is 9.59 Å². The van der Waals surface area contributed by atoms with Crippen LogP contribution in [0.4, 0.5) is 5.69 Å². The second-order valence-corrected chi connectivity index (χ2v) is 6.72. The molecule has 1 aliphatic rings. The van der Waals surface area contributed by atoms with E-state index in [-0.39, 0.29) is 24.2 Å². The van der Waals surface area contributed by atoms with Gasteiger partial charge in [0.05, 0.1) is 5.92 Å². The minimum absolute atomic E-state index is 0.0337. The molecule has 0 aromatic heterocycles. The third kappa shape index (κ3) is 4.02. The Morgan fingerprint density at radius 2 is 1.96 bits per heavy atom. The zero-order valence-electron chi connectivity index (χ0n) is 14.2. The predicted molar refractivity (Wildman–Crippen MR) is 99.8 cm³/mol. The minimum Gasteiger partial charge on any atom is -0.355 e. The van der Waals surface area contributed by atoms with Crippen LogP contribution in [0.25, 0.3) is 0 Å². The van der Waals surface area contributed by atoms with Gasteiger partial charge in [0.1, 0.15) is 0 Å². The van der Waals surface area contributed by atoms with Crippen molar-refractivity contribution >= 4 is 29.1 Å². The summed E-state index contributed by atoms with van der Waals surface area (Å²) in [6.45, 7) is 2.86. The Labute approximate surface area is 152 Å². The summed E-state index contributed by atoms with van der Waals surface area (Å²) < 4.78 is 0. The molecule has 5 heteroatoms. The van der Waals surface area contributed by atoms with Crippen LogP contribution in [0.1, 0.15) is 17.5 Å². The molecule has 4 nitrogen and oxygen atoms in total. The van der Waals surface area contributed by atoms with Gasteiger partial charge in [-0.05, 0) is 36.6 Å². The van der Waals surface area contributed by atoms with Gasteiger partial charge >= 0.3 is 0 Å². The fraction of sp³-hybridized carbons (Fsp3) is 0.300. The molecule has 130 valence electrons. The number of halogens is 1. The van der Waals surface area contributed by atoms with E-state index in [9.17, 15) is 9.59 Å². The maximum absolute atomic E-state index is 12.4. The van der Waals surface area contributed by atoms with Gasteiger partial charge in [0.25, 0.3) is 0 Å². The molecule has 1 saturated heterocycles. The van der Waals surface area contributed by atoms with Crippen LogP contribution in [-0.2, 0) is 16.0 Å². The highest BCUT2D eigenvalue weighted by molar-refractivity contribution is 6.31. The first kappa shape index (κ1) is 17.5. The number of carbonyl (C=O) groups is 2. The third-order valence-corrected chi connectivity index (χ3v) is 4.99. The fourth-order valence-electron chi connectivity index (χ4n) is 3.12. The molecule has 1 atom stereocenters. The zero-order chi connectivity index (χ0) is 17.8. The van der Waals surface area contributed by atoms with Crippen LogP contribution >= 0.6 is 11.6 Å². The van der Waals surface area contributed by atoms with Gasteiger partial charge in [-0.1, -0.05) is 48.0 Å². The van der Waals surface area contributed by atoms with Gasteiger partial charge in [0.15, 0.2) is 0 Å². The van der Waals surface area contributed by atoms with Gasteiger partial charge in [-0.2, -0.15) is 0 Å². The van der Waals surface area contributed by atoms with Crippen LogP contribution in [0.5, 0.6) is 0 Å². The molecule has 2 aromatic rings. The molecule has 1 heterocycles. The minimum atomic E-state index is -0.318. The number of benzene rings is 2. The number of carbonyl (C=O) groups excluding carboxylic acids is 2. The Morgan fingerprint density at radius 1 is 1.20 bits per heavy atom. The van der Waals surface area contributed by atoms with Crippen molar-refractivity contribution in [1.82, 2.24) is 5.32 Å². The van der Waals surface area contributed by atoms with Crippen LogP contribution in [-0.4, -0.2) is 24.9 Å². The highest BCUT2D eigenvalue weighted by Gasteiger charge is 2.35. The molecule has 2 aromatic carbocycles. The lowest BCUT2D eigenvalue weighted by molar-refractivity contribution is -0.126. The lowest BCUT2D eigenvalue weighted by Crippen LogP contribution is -2.34. The molecule has 3 rings (SSSR count). The van der Waals surface area contributed by atoms with E-state index >= 15 is 0 Å². The van der Waals surface area contributed by atoms with Crippen LogP contribution < -0.4 is 10.2 Å². The van der Waals surface area contributed by atoms with Crippen LogP contribution in [0.2, 0.25) is 5.02 Å². The molecule has 1 N–H and O–H groups in total. The van der Waals surface area contributed by atoms with Crippen LogP contribution in [0.3, 0.4) is 0 Å². The quantitative estimate of drug-likeness (QED) is 0.893. The summed E-state index contributed by atoms with van der Waals surface area (Å²) in [4.78, 5) is 26.4. The van der Waals surface area contributed by atoms with E-state index in [2.05, 4.69) is 5.32 Å². The normalized spacial score (nSPS) is 17.0. The highest BCUT2D eigenvalue weighted by Crippen LogP contribution is 2.31. The molecule has 0 spiro atoms. The Kier molecular flexibility index (Phi) is 5.39. The summed E-state index contributed by atoms with van der Waals surface area (Å²) in [5.74, 6) is -0.415. The smallest absolute Gasteiger partial charge is 0.227 e. The molecule has 0 bridgehead atoms. The van der Waals surface area contributed by atoms with Crippen LogP contribution in [0, 0.1) is 12.8 Å². The van der Waals surface area contributed by atoms with Gasteiger partial charge in [0, 0.05) is 30.2 Å².